The first kappa shape index (κ1) is 22.2. The number of piperidine rings is 1. The molecule has 2 aromatic heterocycles. The first-order chi connectivity index (χ1) is 14.2. The van der Waals surface area contributed by atoms with Crippen LogP contribution in [0, 0.1) is 5.92 Å². The highest BCUT2D eigenvalue weighted by atomic mass is 32.2. The number of carbonyl (C=O) groups is 2. The smallest absolute Gasteiger partial charge is 0.321 e. The third kappa shape index (κ3) is 6.25. The minimum atomic E-state index is -0.506. The molecule has 10 heteroatoms. The summed E-state index contributed by atoms with van der Waals surface area (Å²) in [7, 11) is 0. The lowest BCUT2D eigenvalue weighted by molar-refractivity contribution is -0.117. The molecule has 0 unspecified atom stereocenters. The Kier molecular flexibility index (Phi) is 7.06. The summed E-state index contributed by atoms with van der Waals surface area (Å²) in [5.74, 6) is 1.95. The van der Waals surface area contributed by atoms with Crippen molar-refractivity contribution >= 4 is 29.6 Å². The average molecular weight is 435 g/mol. The van der Waals surface area contributed by atoms with Crippen LogP contribution in [0.1, 0.15) is 46.3 Å². The molecule has 0 aromatic carbocycles. The summed E-state index contributed by atoms with van der Waals surface area (Å²) < 4.78 is 7.48. The summed E-state index contributed by atoms with van der Waals surface area (Å²) in [6.07, 6.45) is 3.86. The summed E-state index contributed by atoms with van der Waals surface area (Å²) >= 11 is 1.25. The van der Waals surface area contributed by atoms with Gasteiger partial charge in [0.05, 0.1) is 18.6 Å². The Labute approximate surface area is 181 Å². The molecular formula is C20H30N6O3S. The molecule has 0 saturated carbocycles. The highest BCUT2D eigenvalue weighted by Crippen LogP contribution is 2.27. The van der Waals surface area contributed by atoms with Gasteiger partial charge in [0.25, 0.3) is 0 Å². The molecule has 3 amide bonds. The Morgan fingerprint density at radius 1 is 1.27 bits per heavy atom. The molecule has 3 rings (SSSR count). The Hall–Kier alpha value is -2.49. The number of hydrogen-bond acceptors (Lipinski definition) is 7. The van der Waals surface area contributed by atoms with E-state index in [2.05, 4.69) is 32.7 Å². The summed E-state index contributed by atoms with van der Waals surface area (Å²) in [4.78, 5) is 26.3. The molecule has 3 heterocycles. The number of aromatic nitrogens is 3. The maximum absolute atomic E-state index is 12.2. The molecule has 1 aliphatic heterocycles. The summed E-state index contributed by atoms with van der Waals surface area (Å²) in [5.41, 5.74) is -0.415. The van der Waals surface area contributed by atoms with Gasteiger partial charge in [0.2, 0.25) is 11.9 Å². The second-order valence-electron chi connectivity index (χ2n) is 8.66. The van der Waals surface area contributed by atoms with E-state index >= 15 is 0 Å². The van der Waals surface area contributed by atoms with Gasteiger partial charge in [-0.2, -0.15) is 0 Å². The lowest BCUT2D eigenvalue weighted by Crippen LogP contribution is -2.48. The number of imide groups is 1. The SMILES string of the molecule is CC1CCN(c2nnc(SCC(=O)NC(=O)NC(C)(C)C)n2Cc2ccco2)CC1. The van der Waals surface area contributed by atoms with Crippen molar-refractivity contribution in [2.45, 2.75) is 57.8 Å². The molecule has 1 saturated heterocycles. The van der Waals surface area contributed by atoms with E-state index in [1.54, 1.807) is 6.26 Å². The number of hydrogen-bond donors (Lipinski definition) is 2. The number of urea groups is 1. The third-order valence-electron chi connectivity index (χ3n) is 4.73. The van der Waals surface area contributed by atoms with Crippen LogP contribution in [0.5, 0.6) is 0 Å². The number of thioether (sulfide) groups is 1. The van der Waals surface area contributed by atoms with Gasteiger partial charge in [0.15, 0.2) is 5.16 Å². The Bertz CT molecular complexity index is 851. The van der Waals surface area contributed by atoms with Gasteiger partial charge in [-0.05, 0) is 51.7 Å². The lowest BCUT2D eigenvalue weighted by Gasteiger charge is -2.31. The van der Waals surface area contributed by atoms with Gasteiger partial charge in [-0.1, -0.05) is 18.7 Å². The summed E-state index contributed by atoms with van der Waals surface area (Å²) in [5, 5.41) is 14.4. The van der Waals surface area contributed by atoms with Gasteiger partial charge in [0, 0.05) is 18.6 Å². The number of furan rings is 1. The molecule has 164 valence electrons. The second kappa shape index (κ2) is 9.55. The van der Waals surface area contributed by atoms with Gasteiger partial charge >= 0.3 is 6.03 Å². The molecule has 0 atom stereocenters. The third-order valence-corrected chi connectivity index (χ3v) is 5.70. The van der Waals surface area contributed by atoms with Crippen LogP contribution >= 0.6 is 11.8 Å². The van der Waals surface area contributed by atoms with Crippen molar-refractivity contribution in [2.24, 2.45) is 5.92 Å². The van der Waals surface area contributed by atoms with Gasteiger partial charge in [-0.25, -0.2) is 4.79 Å². The summed E-state index contributed by atoms with van der Waals surface area (Å²) in [6.45, 7) is 10.2. The zero-order valence-corrected chi connectivity index (χ0v) is 18.8. The van der Waals surface area contributed by atoms with Gasteiger partial charge in [-0.15, -0.1) is 10.2 Å². The molecule has 0 bridgehead atoms. The molecule has 30 heavy (non-hydrogen) atoms. The zero-order valence-electron chi connectivity index (χ0n) is 18.0. The fourth-order valence-electron chi connectivity index (χ4n) is 3.19. The van der Waals surface area contributed by atoms with Gasteiger partial charge in [-0.3, -0.25) is 14.7 Å². The first-order valence-electron chi connectivity index (χ1n) is 10.2. The number of carbonyl (C=O) groups excluding carboxylic acids is 2. The standard InChI is InChI=1S/C20H30N6O3S/c1-14-7-9-25(10-8-14)18-23-24-19(26(18)12-15-6-5-11-29-15)30-13-16(27)21-17(28)22-20(2,3)4/h5-6,11,14H,7-10,12-13H2,1-4H3,(H2,21,22,27,28). The monoisotopic (exact) mass is 434 g/mol. The van der Waals surface area contributed by atoms with Crippen molar-refractivity contribution < 1.29 is 14.0 Å². The maximum Gasteiger partial charge on any atom is 0.321 e. The molecule has 0 spiro atoms. The van der Waals surface area contributed by atoms with Gasteiger partial charge < -0.3 is 14.6 Å². The van der Waals surface area contributed by atoms with Crippen molar-refractivity contribution in [2.75, 3.05) is 23.7 Å². The Morgan fingerprint density at radius 3 is 2.63 bits per heavy atom. The van der Waals surface area contributed by atoms with Crippen LogP contribution in [-0.2, 0) is 11.3 Å². The lowest BCUT2D eigenvalue weighted by atomic mass is 10.00. The number of nitrogens with zero attached hydrogens (tertiary/aromatic N) is 4. The van der Waals surface area contributed by atoms with Crippen LogP contribution in [0.3, 0.4) is 0 Å². The fourth-order valence-corrected chi connectivity index (χ4v) is 3.92. The number of amides is 3. The molecule has 0 aliphatic carbocycles. The largest absolute Gasteiger partial charge is 0.467 e. The van der Waals surface area contributed by atoms with Crippen molar-refractivity contribution in [3.63, 3.8) is 0 Å². The van der Waals surface area contributed by atoms with Crippen molar-refractivity contribution in [3.05, 3.63) is 24.2 Å². The molecule has 0 radical (unpaired) electrons. The molecule has 2 N–H and O–H groups in total. The first-order valence-corrected chi connectivity index (χ1v) is 11.1. The van der Waals surface area contributed by atoms with E-state index in [9.17, 15) is 9.59 Å². The van der Waals surface area contributed by atoms with E-state index < -0.39 is 11.6 Å². The van der Waals surface area contributed by atoms with Crippen molar-refractivity contribution in [1.82, 2.24) is 25.4 Å². The Balaban J connectivity index is 1.67. The van der Waals surface area contributed by atoms with Gasteiger partial charge in [0.1, 0.15) is 5.76 Å². The van der Waals surface area contributed by atoms with Crippen LogP contribution in [-0.4, -0.2) is 51.1 Å². The molecule has 1 aliphatic rings. The molecule has 2 aromatic rings. The minimum Gasteiger partial charge on any atom is -0.467 e. The predicted molar refractivity (Wildman–Crippen MR) is 116 cm³/mol. The normalized spacial score (nSPS) is 15.3. The highest BCUT2D eigenvalue weighted by molar-refractivity contribution is 7.99. The van der Waals surface area contributed by atoms with Crippen LogP contribution in [0.25, 0.3) is 0 Å². The fraction of sp³-hybridized carbons (Fsp3) is 0.600. The maximum atomic E-state index is 12.2. The van der Waals surface area contributed by atoms with E-state index in [0.29, 0.717) is 17.6 Å². The number of nitrogens with one attached hydrogen (secondary N) is 2. The van der Waals surface area contributed by atoms with E-state index in [1.807, 2.05) is 37.5 Å². The van der Waals surface area contributed by atoms with Crippen molar-refractivity contribution in [3.8, 4) is 0 Å². The van der Waals surface area contributed by atoms with Crippen LogP contribution in [0.4, 0.5) is 10.7 Å². The second-order valence-corrected chi connectivity index (χ2v) is 9.60. The topological polar surface area (TPSA) is 105 Å². The minimum absolute atomic E-state index is 0.0604. The zero-order chi connectivity index (χ0) is 21.7. The molecule has 1 fully saturated rings. The predicted octanol–water partition coefficient (Wildman–Crippen LogP) is 2.87. The van der Waals surface area contributed by atoms with Crippen LogP contribution < -0.4 is 15.5 Å². The van der Waals surface area contributed by atoms with E-state index in [4.69, 9.17) is 4.42 Å². The highest BCUT2D eigenvalue weighted by Gasteiger charge is 2.24. The van der Waals surface area contributed by atoms with Crippen LogP contribution in [0.15, 0.2) is 28.0 Å². The quantitative estimate of drug-likeness (QED) is 0.674. The average Bonchev–Trinajstić information content (AvgIpc) is 3.30. The van der Waals surface area contributed by atoms with E-state index in [-0.39, 0.29) is 11.7 Å². The number of anilines is 1. The number of rotatable bonds is 6. The Morgan fingerprint density at radius 2 is 2.00 bits per heavy atom. The van der Waals surface area contributed by atoms with E-state index in [1.165, 1.54) is 11.8 Å². The van der Waals surface area contributed by atoms with E-state index in [0.717, 1.165) is 37.6 Å². The van der Waals surface area contributed by atoms with Crippen LogP contribution in [0.2, 0.25) is 0 Å². The van der Waals surface area contributed by atoms with Crippen molar-refractivity contribution in [1.29, 1.82) is 0 Å². The molecular weight excluding hydrogens is 404 g/mol. The molecule has 9 nitrogen and oxygen atoms in total. The summed E-state index contributed by atoms with van der Waals surface area (Å²) in [6, 6.07) is 3.24.